The number of nitriles is 1. The molecule has 128 valence electrons. The van der Waals surface area contributed by atoms with Gasteiger partial charge in [0.1, 0.15) is 17.2 Å². The zero-order valence-corrected chi connectivity index (χ0v) is 15.3. The molecule has 3 rings (SSSR count). The lowest BCUT2D eigenvalue weighted by Gasteiger charge is -2.12. The molecule has 0 bridgehead atoms. The molecule has 0 fully saturated rings. The molecule has 0 atom stereocenters. The average Bonchev–Trinajstić information content (AvgIpc) is 3.22. The quantitative estimate of drug-likeness (QED) is 0.542. The van der Waals surface area contributed by atoms with Gasteiger partial charge in [0, 0.05) is 17.0 Å². The lowest BCUT2D eigenvalue weighted by atomic mass is 10.0. The number of pyridine rings is 1. The zero-order valence-electron chi connectivity index (χ0n) is 13.6. The molecular weight excluding hydrogens is 358 g/mol. The first-order valence-corrected chi connectivity index (χ1v) is 8.91. The van der Waals surface area contributed by atoms with Crippen LogP contribution in [0.1, 0.15) is 29.8 Å². The third-order valence-electron chi connectivity index (χ3n) is 3.78. The maximum Gasteiger partial charge on any atom is 0.342 e. The first kappa shape index (κ1) is 17.1. The molecule has 7 nitrogen and oxygen atoms in total. The highest BCUT2D eigenvalue weighted by molar-refractivity contribution is 7.71. The van der Waals surface area contributed by atoms with Gasteiger partial charge in [0.15, 0.2) is 15.9 Å². The Morgan fingerprint density at radius 2 is 2.28 bits per heavy atom. The second-order valence-electron chi connectivity index (χ2n) is 5.10. The minimum Gasteiger partial charge on any atom is -0.462 e. The van der Waals surface area contributed by atoms with Crippen molar-refractivity contribution in [2.45, 2.75) is 20.4 Å². The van der Waals surface area contributed by atoms with E-state index in [9.17, 15) is 10.1 Å². The monoisotopic (exact) mass is 373 g/mol. The fourth-order valence-electron chi connectivity index (χ4n) is 2.77. The van der Waals surface area contributed by atoms with Crippen LogP contribution in [0.25, 0.3) is 16.1 Å². The maximum atomic E-state index is 12.5. The molecule has 0 saturated carbocycles. The van der Waals surface area contributed by atoms with E-state index >= 15 is 0 Å². The fraction of sp³-hybridized carbons (Fsp3) is 0.250. The second kappa shape index (κ2) is 6.66. The van der Waals surface area contributed by atoms with Crippen molar-refractivity contribution in [2.24, 2.45) is 0 Å². The smallest absolute Gasteiger partial charge is 0.342 e. The Hall–Kier alpha value is -2.70. The predicted octanol–water partition coefficient (Wildman–Crippen LogP) is 3.07. The van der Waals surface area contributed by atoms with Crippen LogP contribution in [0.15, 0.2) is 17.5 Å². The summed E-state index contributed by atoms with van der Waals surface area (Å²) in [4.78, 5) is 13.3. The summed E-state index contributed by atoms with van der Waals surface area (Å²) in [5.41, 5.74) is 1.14. The van der Waals surface area contributed by atoms with Crippen molar-refractivity contribution in [3.05, 3.63) is 38.9 Å². The van der Waals surface area contributed by atoms with Crippen LogP contribution in [0.2, 0.25) is 0 Å². The summed E-state index contributed by atoms with van der Waals surface area (Å²) in [5.74, 6) is -0.634. The molecule has 3 aromatic rings. The molecule has 0 saturated heterocycles. The van der Waals surface area contributed by atoms with E-state index in [0.717, 1.165) is 4.88 Å². The van der Waals surface area contributed by atoms with Gasteiger partial charge in [-0.05, 0) is 37.5 Å². The Morgan fingerprint density at radius 3 is 2.84 bits per heavy atom. The standard InChI is InChI=1S/C16H15N5O2S2/c1-3-20-14-9(8-17)11(10-6-5-7-25-10)12(15(22)23-4-2)13(18)21(14)19-16(20)24/h5-7,18H,3-4H2,1-2H3,(H,19,24). The van der Waals surface area contributed by atoms with Crippen LogP contribution in [0.4, 0.5) is 0 Å². The number of ether oxygens (including phenoxy) is 1. The van der Waals surface area contributed by atoms with Crippen LogP contribution in [0, 0.1) is 21.5 Å². The van der Waals surface area contributed by atoms with Crippen LogP contribution in [-0.4, -0.2) is 26.8 Å². The number of hydrogen-bond donors (Lipinski definition) is 2. The molecule has 0 aliphatic carbocycles. The number of aromatic nitrogens is 3. The lowest BCUT2D eigenvalue weighted by Crippen LogP contribution is -2.27. The van der Waals surface area contributed by atoms with Gasteiger partial charge in [-0.15, -0.1) is 11.3 Å². The Morgan fingerprint density at radius 1 is 1.52 bits per heavy atom. The van der Waals surface area contributed by atoms with E-state index in [4.69, 9.17) is 22.4 Å². The van der Waals surface area contributed by atoms with E-state index in [0.29, 0.717) is 22.5 Å². The zero-order chi connectivity index (χ0) is 18.1. The van der Waals surface area contributed by atoms with Crippen LogP contribution >= 0.6 is 23.6 Å². The fourth-order valence-corrected chi connectivity index (χ4v) is 3.86. The molecule has 0 radical (unpaired) electrons. The van der Waals surface area contributed by atoms with Gasteiger partial charge in [0.05, 0.1) is 6.61 Å². The van der Waals surface area contributed by atoms with Crippen molar-refractivity contribution < 1.29 is 9.53 Å². The van der Waals surface area contributed by atoms with E-state index in [2.05, 4.69) is 11.2 Å². The van der Waals surface area contributed by atoms with Crippen molar-refractivity contribution in [1.29, 1.82) is 10.7 Å². The molecule has 3 heterocycles. The molecule has 0 amide bonds. The number of aryl methyl sites for hydroxylation is 1. The van der Waals surface area contributed by atoms with Crippen molar-refractivity contribution in [1.82, 2.24) is 14.2 Å². The van der Waals surface area contributed by atoms with E-state index in [-0.39, 0.29) is 23.2 Å². The number of rotatable bonds is 4. The number of fused-ring (bicyclic) bond motifs is 1. The summed E-state index contributed by atoms with van der Waals surface area (Å²) in [5, 5.41) is 23.1. The predicted molar refractivity (Wildman–Crippen MR) is 96.1 cm³/mol. The number of H-pyrrole nitrogens is 1. The summed E-state index contributed by atoms with van der Waals surface area (Å²) in [6, 6.07) is 5.84. The second-order valence-corrected chi connectivity index (χ2v) is 6.44. The Bertz CT molecular complexity index is 1110. The van der Waals surface area contributed by atoms with Gasteiger partial charge in [-0.25, -0.2) is 9.31 Å². The number of thiophene rings is 1. The van der Waals surface area contributed by atoms with Gasteiger partial charge in [-0.2, -0.15) is 5.26 Å². The van der Waals surface area contributed by atoms with E-state index in [1.54, 1.807) is 11.5 Å². The Labute approximate surface area is 152 Å². The normalized spacial score (nSPS) is 10.8. The van der Waals surface area contributed by atoms with Crippen LogP contribution < -0.4 is 5.49 Å². The number of carbonyl (C=O) groups is 1. The molecule has 25 heavy (non-hydrogen) atoms. The third kappa shape index (κ3) is 2.59. The lowest BCUT2D eigenvalue weighted by molar-refractivity contribution is 0.0524. The highest BCUT2D eigenvalue weighted by Crippen LogP contribution is 2.32. The SMILES string of the molecule is CCOC(=O)c1c(-c2cccs2)c(C#N)c2n(CC)c(=S)[nH]n2c1=N. The van der Waals surface area contributed by atoms with Gasteiger partial charge in [0.25, 0.3) is 0 Å². The summed E-state index contributed by atoms with van der Waals surface area (Å²) in [6.07, 6.45) is 0. The molecule has 0 unspecified atom stereocenters. The summed E-state index contributed by atoms with van der Waals surface area (Å²) in [6.45, 7) is 4.31. The largest absolute Gasteiger partial charge is 0.462 e. The van der Waals surface area contributed by atoms with Crippen LogP contribution in [0.5, 0.6) is 0 Å². The topological polar surface area (TPSA) is 99.1 Å². The van der Waals surface area contributed by atoms with Crippen LogP contribution in [0.3, 0.4) is 0 Å². The molecule has 0 aliphatic rings. The van der Waals surface area contributed by atoms with Gasteiger partial charge in [-0.3, -0.25) is 10.5 Å². The molecule has 9 heteroatoms. The van der Waals surface area contributed by atoms with Crippen molar-refractivity contribution >= 4 is 35.2 Å². The summed E-state index contributed by atoms with van der Waals surface area (Å²) >= 11 is 6.70. The summed E-state index contributed by atoms with van der Waals surface area (Å²) in [7, 11) is 0. The van der Waals surface area contributed by atoms with Crippen molar-refractivity contribution in [3.63, 3.8) is 0 Å². The van der Waals surface area contributed by atoms with E-state index < -0.39 is 5.97 Å². The van der Waals surface area contributed by atoms with Crippen LogP contribution in [-0.2, 0) is 11.3 Å². The highest BCUT2D eigenvalue weighted by Gasteiger charge is 2.26. The Kier molecular flexibility index (Phi) is 4.57. The Balaban J connectivity index is 2.58. The van der Waals surface area contributed by atoms with Gasteiger partial charge in [0.2, 0.25) is 0 Å². The van der Waals surface area contributed by atoms with Crippen molar-refractivity contribution in [2.75, 3.05) is 6.61 Å². The number of nitrogens with zero attached hydrogens (tertiary/aromatic N) is 3. The van der Waals surface area contributed by atoms with Crippen molar-refractivity contribution in [3.8, 4) is 16.5 Å². The number of hydrogen-bond acceptors (Lipinski definition) is 6. The minimum absolute atomic E-state index is 0.0536. The number of nitrogens with one attached hydrogen (secondary N) is 2. The summed E-state index contributed by atoms with van der Waals surface area (Å²) < 4.78 is 8.62. The molecule has 0 aromatic carbocycles. The number of carbonyl (C=O) groups excluding carboxylic acids is 1. The van der Waals surface area contributed by atoms with Gasteiger partial charge in [-0.1, -0.05) is 6.07 Å². The van der Waals surface area contributed by atoms with Gasteiger partial charge < -0.3 is 9.30 Å². The van der Waals surface area contributed by atoms with Gasteiger partial charge >= 0.3 is 5.97 Å². The molecule has 3 aromatic heterocycles. The molecule has 0 spiro atoms. The van der Waals surface area contributed by atoms with E-state index in [1.165, 1.54) is 15.9 Å². The number of esters is 1. The molecule has 2 N–H and O–H groups in total. The third-order valence-corrected chi connectivity index (χ3v) is 4.98. The maximum absolute atomic E-state index is 12.5. The molecule has 0 aliphatic heterocycles. The first-order chi connectivity index (χ1) is 12.0. The first-order valence-electron chi connectivity index (χ1n) is 7.62. The highest BCUT2D eigenvalue weighted by atomic mass is 32.1. The molecular formula is C16H15N5O2S2. The van der Waals surface area contributed by atoms with E-state index in [1.807, 2.05) is 24.4 Å². The number of aromatic amines is 1. The minimum atomic E-state index is -0.634. The average molecular weight is 373 g/mol.